The molecular formula is C20H21N3O5S2. The number of nitro benzene ring substituents is 1. The largest absolute Gasteiger partial charge is 0.497 e. The van der Waals surface area contributed by atoms with Gasteiger partial charge in [-0.25, -0.2) is 0 Å². The Balaban J connectivity index is 1.77. The van der Waals surface area contributed by atoms with Crippen molar-refractivity contribution in [3.63, 3.8) is 0 Å². The van der Waals surface area contributed by atoms with Gasteiger partial charge in [-0.2, -0.15) is 4.99 Å². The van der Waals surface area contributed by atoms with Crippen LogP contribution in [0.25, 0.3) is 10.2 Å². The molecule has 0 N–H and O–H groups in total. The smallest absolute Gasteiger partial charge is 0.271 e. The Morgan fingerprint density at radius 3 is 2.67 bits per heavy atom. The number of aromatic nitrogens is 1. The third-order valence-corrected chi connectivity index (χ3v) is 6.33. The van der Waals surface area contributed by atoms with E-state index in [1.165, 1.54) is 23.5 Å². The number of thiazole rings is 1. The molecule has 8 nitrogen and oxygen atoms in total. The number of nitro groups is 1. The van der Waals surface area contributed by atoms with Crippen LogP contribution in [-0.2, 0) is 16.1 Å². The van der Waals surface area contributed by atoms with Crippen molar-refractivity contribution in [2.75, 3.05) is 26.6 Å². The summed E-state index contributed by atoms with van der Waals surface area (Å²) < 4.78 is 12.9. The van der Waals surface area contributed by atoms with E-state index in [2.05, 4.69) is 4.99 Å². The maximum absolute atomic E-state index is 12.4. The third-order valence-electron chi connectivity index (χ3n) is 4.26. The quantitative estimate of drug-likeness (QED) is 0.281. The molecule has 0 fully saturated rings. The number of ether oxygens (including phenoxy) is 2. The Kier molecular flexibility index (Phi) is 7.61. The van der Waals surface area contributed by atoms with E-state index in [-0.39, 0.29) is 18.0 Å². The first-order valence-electron chi connectivity index (χ1n) is 9.13. The molecule has 0 radical (unpaired) electrons. The van der Waals surface area contributed by atoms with Crippen molar-refractivity contribution in [2.24, 2.45) is 4.99 Å². The molecule has 10 heteroatoms. The Bertz CT molecular complexity index is 1110. The summed E-state index contributed by atoms with van der Waals surface area (Å²) in [5.74, 6) is 1.16. The lowest BCUT2D eigenvalue weighted by atomic mass is 10.3. The van der Waals surface area contributed by atoms with Crippen molar-refractivity contribution >= 4 is 44.9 Å². The van der Waals surface area contributed by atoms with Gasteiger partial charge in [0, 0.05) is 42.9 Å². The Morgan fingerprint density at radius 2 is 2.00 bits per heavy atom. The lowest BCUT2D eigenvalue weighted by Crippen LogP contribution is -2.19. The lowest BCUT2D eigenvalue weighted by Gasteiger charge is -2.04. The number of rotatable bonds is 9. The van der Waals surface area contributed by atoms with Gasteiger partial charge in [-0.1, -0.05) is 11.3 Å². The van der Waals surface area contributed by atoms with Gasteiger partial charge in [0.05, 0.1) is 28.9 Å². The van der Waals surface area contributed by atoms with Gasteiger partial charge in [-0.15, -0.1) is 11.8 Å². The number of carbonyl (C=O) groups excluding carboxylic acids is 1. The van der Waals surface area contributed by atoms with E-state index < -0.39 is 4.92 Å². The van der Waals surface area contributed by atoms with Crippen LogP contribution in [0.1, 0.15) is 6.42 Å². The molecule has 0 spiro atoms. The zero-order chi connectivity index (χ0) is 21.5. The second-order valence-electron chi connectivity index (χ2n) is 6.22. The molecule has 0 saturated carbocycles. The number of thioether (sulfide) groups is 1. The molecular weight excluding hydrogens is 426 g/mol. The standard InChI is InChI=1S/C20H21N3O5S2/c1-27-11-10-22-17-13-14(23(25)26)3-8-18(17)30-20(22)21-19(24)9-12-29-16-6-4-15(28-2)5-7-16/h3-8,13H,9-12H2,1-2H3. The molecule has 0 aliphatic heterocycles. The summed E-state index contributed by atoms with van der Waals surface area (Å²) in [6.45, 7) is 0.855. The summed E-state index contributed by atoms with van der Waals surface area (Å²) in [7, 11) is 3.20. The van der Waals surface area contributed by atoms with E-state index in [0.29, 0.717) is 29.2 Å². The summed E-state index contributed by atoms with van der Waals surface area (Å²) in [5, 5.41) is 11.1. The second-order valence-corrected chi connectivity index (χ2v) is 8.40. The molecule has 3 rings (SSSR count). The van der Waals surface area contributed by atoms with Crippen molar-refractivity contribution in [1.82, 2.24) is 4.57 Å². The summed E-state index contributed by atoms with van der Waals surface area (Å²) in [6, 6.07) is 12.3. The Labute approximate surface area is 181 Å². The van der Waals surface area contributed by atoms with Crippen LogP contribution in [0.4, 0.5) is 5.69 Å². The monoisotopic (exact) mass is 447 g/mol. The molecule has 0 saturated heterocycles. The van der Waals surface area contributed by atoms with Crippen LogP contribution in [-0.4, -0.2) is 42.0 Å². The SMILES string of the molecule is COCCn1c(=NC(=O)CCSc2ccc(OC)cc2)sc2ccc([N+](=O)[O-])cc21. The van der Waals surface area contributed by atoms with E-state index in [4.69, 9.17) is 9.47 Å². The normalized spacial score (nSPS) is 11.7. The van der Waals surface area contributed by atoms with Crippen LogP contribution in [0.2, 0.25) is 0 Å². The number of hydrogen-bond acceptors (Lipinski definition) is 7. The number of amides is 1. The predicted molar refractivity (Wildman–Crippen MR) is 117 cm³/mol. The van der Waals surface area contributed by atoms with Gasteiger partial charge in [0.1, 0.15) is 5.75 Å². The zero-order valence-electron chi connectivity index (χ0n) is 16.6. The van der Waals surface area contributed by atoms with Crippen molar-refractivity contribution in [3.05, 3.63) is 57.4 Å². The number of nitrogens with zero attached hydrogens (tertiary/aromatic N) is 3. The Morgan fingerprint density at radius 1 is 1.23 bits per heavy atom. The topological polar surface area (TPSA) is 96.0 Å². The van der Waals surface area contributed by atoms with E-state index in [0.717, 1.165) is 15.3 Å². The van der Waals surface area contributed by atoms with Crippen molar-refractivity contribution < 1.29 is 19.2 Å². The van der Waals surface area contributed by atoms with Crippen LogP contribution in [0.15, 0.2) is 52.4 Å². The number of methoxy groups -OCH3 is 2. The first-order valence-corrected chi connectivity index (χ1v) is 10.9. The molecule has 1 heterocycles. The fourth-order valence-corrected chi connectivity index (χ4v) is 4.64. The van der Waals surface area contributed by atoms with Gasteiger partial charge < -0.3 is 14.0 Å². The highest BCUT2D eigenvalue weighted by atomic mass is 32.2. The summed E-state index contributed by atoms with van der Waals surface area (Å²) in [4.78, 5) is 28.9. The molecule has 2 aromatic carbocycles. The average Bonchev–Trinajstić information content (AvgIpc) is 3.08. The van der Waals surface area contributed by atoms with Gasteiger partial charge in [-0.3, -0.25) is 14.9 Å². The Hall–Kier alpha value is -2.69. The minimum Gasteiger partial charge on any atom is -0.497 e. The highest BCUT2D eigenvalue weighted by Crippen LogP contribution is 2.24. The van der Waals surface area contributed by atoms with E-state index in [9.17, 15) is 14.9 Å². The predicted octanol–water partition coefficient (Wildman–Crippen LogP) is 3.88. The molecule has 0 bridgehead atoms. The molecule has 1 amide bonds. The maximum atomic E-state index is 12.4. The van der Waals surface area contributed by atoms with Gasteiger partial charge in [0.2, 0.25) is 5.91 Å². The molecule has 0 atom stereocenters. The zero-order valence-corrected chi connectivity index (χ0v) is 18.2. The van der Waals surface area contributed by atoms with E-state index in [1.54, 1.807) is 36.6 Å². The molecule has 1 aromatic heterocycles. The van der Waals surface area contributed by atoms with Crippen molar-refractivity contribution in [3.8, 4) is 5.75 Å². The van der Waals surface area contributed by atoms with Gasteiger partial charge in [0.15, 0.2) is 4.80 Å². The summed E-state index contributed by atoms with van der Waals surface area (Å²) >= 11 is 2.91. The third kappa shape index (κ3) is 5.47. The minimum absolute atomic E-state index is 0.000218. The first-order chi connectivity index (χ1) is 14.5. The molecule has 30 heavy (non-hydrogen) atoms. The molecule has 158 valence electrons. The highest BCUT2D eigenvalue weighted by molar-refractivity contribution is 7.99. The number of benzene rings is 2. The summed E-state index contributed by atoms with van der Waals surface area (Å²) in [6.07, 6.45) is 0.287. The number of fused-ring (bicyclic) bond motifs is 1. The minimum atomic E-state index is -0.434. The molecule has 3 aromatic rings. The van der Waals surface area contributed by atoms with Crippen molar-refractivity contribution in [1.29, 1.82) is 0 Å². The highest BCUT2D eigenvalue weighted by Gasteiger charge is 2.13. The second kappa shape index (κ2) is 10.4. The average molecular weight is 448 g/mol. The fraction of sp³-hybridized carbons (Fsp3) is 0.300. The van der Waals surface area contributed by atoms with Crippen LogP contribution in [0.3, 0.4) is 0 Å². The van der Waals surface area contributed by atoms with Crippen LogP contribution >= 0.6 is 23.1 Å². The maximum Gasteiger partial charge on any atom is 0.271 e. The van der Waals surface area contributed by atoms with Crippen LogP contribution in [0, 0.1) is 10.1 Å². The van der Waals surface area contributed by atoms with Gasteiger partial charge in [0.25, 0.3) is 5.69 Å². The van der Waals surface area contributed by atoms with E-state index >= 15 is 0 Å². The van der Waals surface area contributed by atoms with Gasteiger partial charge in [-0.05, 0) is 30.3 Å². The number of non-ortho nitro benzene ring substituents is 1. The molecule has 0 aliphatic carbocycles. The molecule has 0 aliphatic rings. The lowest BCUT2D eigenvalue weighted by molar-refractivity contribution is -0.384. The molecule has 0 unspecified atom stereocenters. The van der Waals surface area contributed by atoms with Crippen LogP contribution < -0.4 is 9.54 Å². The van der Waals surface area contributed by atoms with E-state index in [1.807, 2.05) is 24.3 Å². The van der Waals surface area contributed by atoms with Gasteiger partial charge >= 0.3 is 0 Å². The van der Waals surface area contributed by atoms with Crippen molar-refractivity contribution in [2.45, 2.75) is 17.9 Å². The number of hydrogen-bond donors (Lipinski definition) is 0. The fourth-order valence-electron chi connectivity index (χ4n) is 2.75. The number of carbonyl (C=O) groups is 1. The summed E-state index contributed by atoms with van der Waals surface area (Å²) in [5.41, 5.74) is 0.672. The first kappa shape index (κ1) is 22.0. The van der Waals surface area contributed by atoms with Crippen LogP contribution in [0.5, 0.6) is 5.75 Å².